The van der Waals surface area contributed by atoms with Gasteiger partial charge in [-0.2, -0.15) is 0 Å². The fourth-order valence-corrected chi connectivity index (χ4v) is 8.83. The minimum Gasteiger partial charge on any atom is -0.245 e. The summed E-state index contributed by atoms with van der Waals surface area (Å²) in [5.74, 6) is 0. The minimum absolute atomic E-state index is 0.867. The second-order valence-corrected chi connectivity index (χ2v) is 15.7. The lowest BCUT2D eigenvalue weighted by Gasteiger charge is -2.17. The molecule has 0 aliphatic rings. The first kappa shape index (κ1) is 36.8. The largest absolute Gasteiger partial charge is 0.245 e. The Hall–Kier alpha value is -8.20. The molecule has 0 saturated heterocycles. The predicted molar refractivity (Wildman–Crippen MR) is 261 cm³/mol. The highest BCUT2D eigenvalue weighted by Gasteiger charge is 2.20. The maximum atomic E-state index is 5.65. The molecule has 0 saturated carbocycles. The van der Waals surface area contributed by atoms with Gasteiger partial charge in [-0.1, -0.05) is 231 Å². The Morgan fingerprint density at radius 1 is 0.194 bits per heavy atom. The Kier molecular flexibility index (Phi) is 9.57. The summed E-state index contributed by atoms with van der Waals surface area (Å²) in [5, 5.41) is 2.11. The van der Waals surface area contributed by atoms with Crippen molar-refractivity contribution in [1.29, 1.82) is 0 Å². The first-order valence-electron chi connectivity index (χ1n) is 21.1. The fraction of sp³-hybridized carbons (Fsp3) is 0. The Labute approximate surface area is 362 Å². The van der Waals surface area contributed by atoms with Crippen molar-refractivity contribution in [2.24, 2.45) is 0 Å². The molecule has 0 aliphatic carbocycles. The monoisotopic (exact) mass is 788 g/mol. The average molecular weight is 789 g/mol. The molecule has 62 heavy (non-hydrogen) atoms. The first-order valence-corrected chi connectivity index (χ1v) is 21.1. The fourth-order valence-electron chi connectivity index (χ4n) is 8.83. The maximum absolute atomic E-state index is 5.65. The Morgan fingerprint density at radius 3 is 0.806 bits per heavy atom. The summed E-state index contributed by atoms with van der Waals surface area (Å²) in [6.07, 6.45) is 0. The number of benzene rings is 9. The van der Waals surface area contributed by atoms with Gasteiger partial charge < -0.3 is 0 Å². The van der Waals surface area contributed by atoms with Crippen LogP contribution in [0.5, 0.6) is 0 Å². The molecular weight excluding hydrogens is 749 g/mol. The van der Waals surface area contributed by atoms with Gasteiger partial charge in [-0.15, -0.1) is 0 Å². The summed E-state index contributed by atoms with van der Waals surface area (Å²) in [5.41, 5.74) is 19.5. The van der Waals surface area contributed by atoms with Gasteiger partial charge in [0, 0.05) is 21.9 Å². The van der Waals surface area contributed by atoms with Crippen LogP contribution in [0.1, 0.15) is 0 Å². The molecule has 0 spiro atoms. The van der Waals surface area contributed by atoms with E-state index >= 15 is 0 Å². The molecule has 0 atom stereocenters. The van der Waals surface area contributed by atoms with E-state index in [0.717, 1.165) is 88.8 Å². The molecule has 2 aromatic heterocycles. The number of pyridine rings is 2. The van der Waals surface area contributed by atoms with E-state index < -0.39 is 0 Å². The van der Waals surface area contributed by atoms with Gasteiger partial charge in [-0.05, 0) is 78.9 Å². The van der Waals surface area contributed by atoms with Crippen LogP contribution in [-0.4, -0.2) is 9.97 Å². The van der Waals surface area contributed by atoms with E-state index in [1.54, 1.807) is 0 Å². The molecule has 9 aromatic carbocycles. The summed E-state index contributed by atoms with van der Waals surface area (Å²) in [6.45, 7) is 0. The van der Waals surface area contributed by atoms with Gasteiger partial charge in [-0.3, -0.25) is 0 Å². The lowest BCUT2D eigenvalue weighted by molar-refractivity contribution is 1.36. The molecule has 2 heterocycles. The quantitative estimate of drug-likeness (QED) is 0.143. The van der Waals surface area contributed by atoms with Gasteiger partial charge in [0.25, 0.3) is 0 Å². The first-order chi connectivity index (χ1) is 30.7. The third-order valence-corrected chi connectivity index (χ3v) is 11.9. The van der Waals surface area contributed by atoms with Gasteiger partial charge in [-0.25, -0.2) is 9.97 Å². The number of hydrogen-bond donors (Lipinski definition) is 0. The van der Waals surface area contributed by atoms with Crippen molar-refractivity contribution in [2.75, 3.05) is 0 Å². The Balaban J connectivity index is 1.20. The molecular formula is C60H40N2. The minimum atomic E-state index is 0.867. The van der Waals surface area contributed by atoms with Crippen molar-refractivity contribution < 1.29 is 0 Å². The average Bonchev–Trinajstić information content (AvgIpc) is 3.37. The molecule has 11 rings (SSSR count). The van der Waals surface area contributed by atoms with Crippen LogP contribution < -0.4 is 0 Å². The molecule has 0 amide bonds. The molecule has 0 aliphatic heterocycles. The highest BCUT2D eigenvalue weighted by Crippen LogP contribution is 2.43. The molecule has 0 radical (unpaired) electrons. The molecule has 0 unspecified atom stereocenters. The van der Waals surface area contributed by atoms with Crippen LogP contribution in [0.3, 0.4) is 0 Å². The third-order valence-electron chi connectivity index (χ3n) is 11.9. The normalized spacial score (nSPS) is 11.2. The smallest absolute Gasteiger partial charge is 0.0978 e. The van der Waals surface area contributed by atoms with Crippen molar-refractivity contribution >= 4 is 21.8 Å². The Morgan fingerprint density at radius 2 is 0.452 bits per heavy atom. The van der Waals surface area contributed by atoms with Gasteiger partial charge in [0.2, 0.25) is 0 Å². The number of hydrogen-bond acceptors (Lipinski definition) is 2. The van der Waals surface area contributed by atoms with E-state index in [1.165, 1.54) is 22.3 Å². The summed E-state index contributed by atoms with van der Waals surface area (Å²) in [4.78, 5) is 11.3. The van der Waals surface area contributed by atoms with Gasteiger partial charge >= 0.3 is 0 Å². The number of fused-ring (bicyclic) bond motifs is 3. The van der Waals surface area contributed by atoms with Crippen LogP contribution in [0, 0.1) is 0 Å². The summed E-state index contributed by atoms with van der Waals surface area (Å²) < 4.78 is 0. The van der Waals surface area contributed by atoms with Crippen LogP contribution in [-0.2, 0) is 0 Å². The topological polar surface area (TPSA) is 25.8 Å². The maximum Gasteiger partial charge on any atom is 0.0978 e. The van der Waals surface area contributed by atoms with Crippen LogP contribution in [0.4, 0.5) is 0 Å². The summed E-state index contributed by atoms with van der Waals surface area (Å²) in [6, 6.07) is 86.5. The van der Waals surface area contributed by atoms with Crippen LogP contribution >= 0.6 is 0 Å². The molecule has 0 fully saturated rings. The van der Waals surface area contributed by atoms with E-state index in [4.69, 9.17) is 9.97 Å². The number of rotatable bonds is 8. The lowest BCUT2D eigenvalue weighted by Crippen LogP contribution is -1.97. The Bertz CT molecular complexity index is 3110. The van der Waals surface area contributed by atoms with Crippen LogP contribution in [0.25, 0.3) is 111 Å². The second kappa shape index (κ2) is 16.1. The van der Waals surface area contributed by atoms with E-state index in [1.807, 2.05) is 0 Å². The molecule has 2 heteroatoms. The van der Waals surface area contributed by atoms with E-state index in [0.29, 0.717) is 0 Å². The van der Waals surface area contributed by atoms with E-state index in [9.17, 15) is 0 Å². The molecule has 11 aromatic rings. The summed E-state index contributed by atoms with van der Waals surface area (Å²) >= 11 is 0. The zero-order valence-corrected chi connectivity index (χ0v) is 34.0. The SMILES string of the molecule is c1ccc(-c2ccc(-c3cc(-c4ccccc4-c4ccccc4)nc4c3ccc3c(-c5ccc(-c6ccccc6)cc5)cc(-c5ccccc5-c5ccccc5)nc34)cc2)cc1. The number of nitrogens with zero attached hydrogens (tertiary/aromatic N) is 2. The van der Waals surface area contributed by atoms with Crippen molar-refractivity contribution in [1.82, 2.24) is 9.97 Å². The van der Waals surface area contributed by atoms with Crippen molar-refractivity contribution in [3.8, 4) is 89.3 Å². The molecule has 0 bridgehead atoms. The van der Waals surface area contributed by atoms with Gasteiger partial charge in [0.15, 0.2) is 0 Å². The van der Waals surface area contributed by atoms with Crippen LogP contribution in [0.2, 0.25) is 0 Å². The molecule has 290 valence electrons. The van der Waals surface area contributed by atoms with Crippen molar-refractivity contribution in [3.63, 3.8) is 0 Å². The number of aromatic nitrogens is 2. The lowest BCUT2D eigenvalue weighted by atomic mass is 9.91. The zero-order valence-electron chi connectivity index (χ0n) is 34.0. The van der Waals surface area contributed by atoms with Crippen LogP contribution in [0.15, 0.2) is 243 Å². The molecule has 0 N–H and O–H groups in total. The molecule has 2 nitrogen and oxygen atoms in total. The van der Waals surface area contributed by atoms with E-state index in [2.05, 4.69) is 243 Å². The highest BCUT2D eigenvalue weighted by atomic mass is 14.8. The zero-order chi connectivity index (χ0) is 41.2. The predicted octanol–water partition coefficient (Wildman–Crippen LogP) is 16.1. The standard InChI is InChI=1S/C60H40N2/c1-5-17-41(18-6-1)43-29-33-47(34-30-43)55-39-57(51-27-15-13-25-49(51)45-21-9-3-10-22-45)61-59-53(55)37-38-54-56(48-35-31-44(32-36-48)42-19-7-2-8-20-42)40-58(62-60(54)59)52-28-16-14-26-50(52)46-23-11-4-12-24-46/h1-40H. The van der Waals surface area contributed by atoms with Crippen molar-refractivity contribution in [2.45, 2.75) is 0 Å². The van der Waals surface area contributed by atoms with Crippen molar-refractivity contribution in [3.05, 3.63) is 243 Å². The third kappa shape index (κ3) is 6.94. The second-order valence-electron chi connectivity index (χ2n) is 15.7. The van der Waals surface area contributed by atoms with E-state index in [-0.39, 0.29) is 0 Å². The highest BCUT2D eigenvalue weighted by molar-refractivity contribution is 6.14. The summed E-state index contributed by atoms with van der Waals surface area (Å²) in [7, 11) is 0. The van der Waals surface area contributed by atoms with Gasteiger partial charge in [0.05, 0.1) is 22.4 Å². The van der Waals surface area contributed by atoms with Gasteiger partial charge in [0.1, 0.15) is 0 Å².